The SMILES string of the molecule is CCN(CCC(=O)OC)C(=O)c1ccc2c(c1)CCO2. The molecule has 0 saturated heterocycles. The predicted molar refractivity (Wildman–Crippen MR) is 73.9 cm³/mol. The molecule has 5 heteroatoms. The maximum absolute atomic E-state index is 12.4. The highest BCUT2D eigenvalue weighted by Gasteiger charge is 2.19. The first-order valence-electron chi connectivity index (χ1n) is 6.77. The van der Waals surface area contributed by atoms with Crippen molar-refractivity contribution in [2.24, 2.45) is 0 Å². The van der Waals surface area contributed by atoms with Crippen molar-refractivity contribution in [3.8, 4) is 5.75 Å². The van der Waals surface area contributed by atoms with Crippen molar-refractivity contribution in [2.75, 3.05) is 26.8 Å². The Morgan fingerprint density at radius 3 is 2.90 bits per heavy atom. The van der Waals surface area contributed by atoms with Crippen LogP contribution in [0.15, 0.2) is 18.2 Å². The Labute approximate surface area is 118 Å². The molecule has 0 radical (unpaired) electrons. The first kappa shape index (κ1) is 14.4. The van der Waals surface area contributed by atoms with Gasteiger partial charge >= 0.3 is 5.97 Å². The summed E-state index contributed by atoms with van der Waals surface area (Å²) in [5, 5.41) is 0. The normalized spacial score (nSPS) is 12.5. The van der Waals surface area contributed by atoms with Crippen LogP contribution in [0.5, 0.6) is 5.75 Å². The maximum atomic E-state index is 12.4. The lowest BCUT2D eigenvalue weighted by Crippen LogP contribution is -2.33. The Morgan fingerprint density at radius 1 is 1.40 bits per heavy atom. The highest BCUT2D eigenvalue weighted by molar-refractivity contribution is 5.94. The third-order valence-corrected chi connectivity index (χ3v) is 3.42. The summed E-state index contributed by atoms with van der Waals surface area (Å²) < 4.78 is 10.0. The molecular formula is C15H19NO4. The lowest BCUT2D eigenvalue weighted by Gasteiger charge is -2.20. The monoisotopic (exact) mass is 277 g/mol. The van der Waals surface area contributed by atoms with E-state index in [4.69, 9.17) is 4.74 Å². The molecule has 0 bridgehead atoms. The second kappa shape index (κ2) is 6.41. The van der Waals surface area contributed by atoms with Crippen LogP contribution in [0.1, 0.15) is 29.3 Å². The molecule has 0 unspecified atom stereocenters. The Hall–Kier alpha value is -2.04. The molecule has 20 heavy (non-hydrogen) atoms. The van der Waals surface area contributed by atoms with Crippen LogP contribution < -0.4 is 4.74 Å². The molecule has 0 atom stereocenters. The minimum atomic E-state index is -0.307. The van der Waals surface area contributed by atoms with Gasteiger partial charge in [0, 0.05) is 25.1 Å². The highest BCUT2D eigenvalue weighted by Crippen LogP contribution is 2.26. The van der Waals surface area contributed by atoms with Crippen molar-refractivity contribution >= 4 is 11.9 Å². The number of fused-ring (bicyclic) bond motifs is 1. The number of nitrogens with zero attached hydrogens (tertiary/aromatic N) is 1. The predicted octanol–water partition coefficient (Wildman–Crippen LogP) is 1.65. The molecule has 0 spiro atoms. The number of carbonyl (C=O) groups excluding carboxylic acids is 2. The van der Waals surface area contributed by atoms with Gasteiger partial charge in [-0.3, -0.25) is 9.59 Å². The van der Waals surface area contributed by atoms with E-state index in [0.29, 0.717) is 25.3 Å². The van der Waals surface area contributed by atoms with E-state index in [1.54, 1.807) is 11.0 Å². The van der Waals surface area contributed by atoms with Crippen molar-refractivity contribution in [2.45, 2.75) is 19.8 Å². The summed E-state index contributed by atoms with van der Waals surface area (Å²) in [5.41, 5.74) is 1.71. The summed E-state index contributed by atoms with van der Waals surface area (Å²) in [6.45, 7) is 3.50. The van der Waals surface area contributed by atoms with E-state index in [1.165, 1.54) is 7.11 Å². The van der Waals surface area contributed by atoms with E-state index in [2.05, 4.69) is 4.74 Å². The molecule has 0 N–H and O–H groups in total. The summed E-state index contributed by atoms with van der Waals surface area (Å²) in [5.74, 6) is 0.490. The second-order valence-electron chi connectivity index (χ2n) is 4.63. The highest BCUT2D eigenvalue weighted by atomic mass is 16.5. The molecule has 0 aromatic heterocycles. The fourth-order valence-corrected chi connectivity index (χ4v) is 2.23. The molecule has 0 saturated carbocycles. The van der Waals surface area contributed by atoms with E-state index in [0.717, 1.165) is 17.7 Å². The summed E-state index contributed by atoms with van der Waals surface area (Å²) in [4.78, 5) is 25.2. The third kappa shape index (κ3) is 3.10. The minimum absolute atomic E-state index is 0.0638. The number of hydrogen-bond donors (Lipinski definition) is 0. The zero-order valence-corrected chi connectivity index (χ0v) is 11.8. The molecular weight excluding hydrogens is 258 g/mol. The number of esters is 1. The van der Waals surface area contributed by atoms with Crippen LogP contribution in [0, 0.1) is 0 Å². The van der Waals surface area contributed by atoms with Crippen molar-refractivity contribution in [1.29, 1.82) is 0 Å². The van der Waals surface area contributed by atoms with Gasteiger partial charge in [0.1, 0.15) is 5.75 Å². The van der Waals surface area contributed by atoms with Crippen molar-refractivity contribution < 1.29 is 19.1 Å². The van der Waals surface area contributed by atoms with E-state index in [9.17, 15) is 9.59 Å². The van der Waals surface area contributed by atoms with Gasteiger partial charge in [-0.25, -0.2) is 0 Å². The van der Waals surface area contributed by atoms with Crippen LogP contribution in [0.4, 0.5) is 0 Å². The molecule has 1 aromatic carbocycles. The second-order valence-corrected chi connectivity index (χ2v) is 4.63. The van der Waals surface area contributed by atoms with Crippen LogP contribution >= 0.6 is 0 Å². The van der Waals surface area contributed by atoms with Gasteiger partial charge in [0.05, 0.1) is 20.1 Å². The first-order chi connectivity index (χ1) is 9.65. The maximum Gasteiger partial charge on any atom is 0.307 e. The molecule has 0 fully saturated rings. The van der Waals surface area contributed by atoms with Gasteiger partial charge in [-0.15, -0.1) is 0 Å². The Bertz CT molecular complexity index is 513. The molecule has 1 aromatic rings. The van der Waals surface area contributed by atoms with Crippen molar-refractivity contribution in [1.82, 2.24) is 4.90 Å². The third-order valence-electron chi connectivity index (χ3n) is 3.42. The van der Waals surface area contributed by atoms with Gasteiger partial charge in [-0.05, 0) is 30.7 Å². The number of hydrogen-bond acceptors (Lipinski definition) is 4. The fraction of sp³-hybridized carbons (Fsp3) is 0.467. The Morgan fingerprint density at radius 2 is 2.20 bits per heavy atom. The quantitative estimate of drug-likeness (QED) is 0.768. The van der Waals surface area contributed by atoms with E-state index >= 15 is 0 Å². The van der Waals surface area contributed by atoms with Crippen molar-refractivity contribution in [3.05, 3.63) is 29.3 Å². The molecule has 0 aliphatic carbocycles. The average Bonchev–Trinajstić information content (AvgIpc) is 2.94. The van der Waals surface area contributed by atoms with Gasteiger partial charge in [-0.2, -0.15) is 0 Å². The largest absolute Gasteiger partial charge is 0.493 e. The number of carbonyl (C=O) groups is 2. The minimum Gasteiger partial charge on any atom is -0.493 e. The van der Waals surface area contributed by atoms with E-state index in [-0.39, 0.29) is 18.3 Å². The Balaban J connectivity index is 2.06. The van der Waals surface area contributed by atoms with Crippen LogP contribution in [-0.4, -0.2) is 43.6 Å². The lowest BCUT2D eigenvalue weighted by atomic mass is 10.1. The Kier molecular flexibility index (Phi) is 4.61. The van der Waals surface area contributed by atoms with Gasteiger partial charge in [0.15, 0.2) is 0 Å². The van der Waals surface area contributed by atoms with Gasteiger partial charge in [0.2, 0.25) is 0 Å². The summed E-state index contributed by atoms with van der Waals surface area (Å²) >= 11 is 0. The molecule has 5 nitrogen and oxygen atoms in total. The number of ether oxygens (including phenoxy) is 2. The number of rotatable bonds is 5. The smallest absolute Gasteiger partial charge is 0.307 e. The number of amides is 1. The molecule has 108 valence electrons. The summed E-state index contributed by atoms with van der Waals surface area (Å²) in [6.07, 6.45) is 1.05. The van der Waals surface area contributed by atoms with Gasteiger partial charge < -0.3 is 14.4 Å². The molecule has 1 aliphatic heterocycles. The summed E-state index contributed by atoms with van der Waals surface area (Å²) in [6, 6.07) is 5.49. The first-order valence-corrected chi connectivity index (χ1v) is 6.77. The van der Waals surface area contributed by atoms with Crippen LogP contribution in [0.2, 0.25) is 0 Å². The zero-order chi connectivity index (χ0) is 14.5. The number of benzene rings is 1. The lowest BCUT2D eigenvalue weighted by molar-refractivity contribution is -0.140. The summed E-state index contributed by atoms with van der Waals surface area (Å²) in [7, 11) is 1.35. The van der Waals surface area contributed by atoms with Gasteiger partial charge in [0.25, 0.3) is 5.91 Å². The standard InChI is InChI=1S/C15H19NO4/c1-3-16(8-6-14(17)19-2)15(18)12-4-5-13-11(10-12)7-9-20-13/h4-5,10H,3,6-9H2,1-2H3. The molecule has 1 amide bonds. The van der Waals surface area contributed by atoms with Crippen LogP contribution in [-0.2, 0) is 16.0 Å². The van der Waals surface area contributed by atoms with E-state index in [1.807, 2.05) is 19.1 Å². The molecule has 1 aliphatic rings. The topological polar surface area (TPSA) is 55.8 Å². The van der Waals surface area contributed by atoms with Crippen molar-refractivity contribution in [3.63, 3.8) is 0 Å². The molecule has 1 heterocycles. The molecule has 2 rings (SSSR count). The average molecular weight is 277 g/mol. The zero-order valence-electron chi connectivity index (χ0n) is 11.8. The van der Waals surface area contributed by atoms with Gasteiger partial charge in [-0.1, -0.05) is 0 Å². The van der Waals surface area contributed by atoms with E-state index < -0.39 is 0 Å². The fourth-order valence-electron chi connectivity index (χ4n) is 2.23. The van der Waals surface area contributed by atoms with Crippen LogP contribution in [0.3, 0.4) is 0 Å². The van der Waals surface area contributed by atoms with Crippen LogP contribution in [0.25, 0.3) is 0 Å². The number of methoxy groups -OCH3 is 1.